The minimum absolute atomic E-state index is 0.00456. The van der Waals surface area contributed by atoms with Gasteiger partial charge < -0.3 is 0 Å². The molecule has 0 N–H and O–H groups in total. The first-order chi connectivity index (χ1) is 15.6. The van der Waals surface area contributed by atoms with E-state index in [4.69, 9.17) is 0 Å². The van der Waals surface area contributed by atoms with Gasteiger partial charge in [-0.3, -0.25) is 0 Å². The average molecular weight is 620 g/mol. The zero-order chi connectivity index (χ0) is 24.5. The Balaban J connectivity index is 2.65. The summed E-state index contributed by atoms with van der Waals surface area (Å²) < 4.78 is 87.2. The Labute approximate surface area is 201 Å². The Morgan fingerprint density at radius 3 is 1.67 bits per heavy atom. The molecule has 1 atom stereocenters. The number of hydrogen-bond donors (Lipinski definition) is 0. The molecule has 0 fully saturated rings. The van der Waals surface area contributed by atoms with Crippen LogP contribution in [0.4, 0.5) is 13.3 Å². The average Bonchev–Trinajstić information content (AvgIpc) is 2.80. The molecule has 0 saturated carbocycles. The van der Waals surface area contributed by atoms with Crippen LogP contribution < -0.4 is 0 Å². The fraction of sp³-hybridized carbons (Fsp3) is 0.429. The molecule has 0 radical (unpaired) electrons. The molecule has 1 unspecified atom stereocenters. The Morgan fingerprint density at radius 2 is 1.30 bits per heavy atom. The first-order valence-electron chi connectivity index (χ1n) is 10.4. The van der Waals surface area contributed by atoms with Gasteiger partial charge in [0.15, 0.2) is 0 Å². The third-order valence-electron chi connectivity index (χ3n) is 4.54. The van der Waals surface area contributed by atoms with Crippen LogP contribution in [-0.2, 0) is 24.6 Å². The van der Waals surface area contributed by atoms with Crippen molar-refractivity contribution in [3.8, 4) is 0 Å². The first-order valence-corrected chi connectivity index (χ1v) is 16.5. The van der Waals surface area contributed by atoms with Gasteiger partial charge in [0.2, 0.25) is 0 Å². The number of rotatable bonds is 13. The molecule has 2 aromatic rings. The SMILES string of the molecule is CCCCN(CCCC)S(=O)(=O)N=S(=O)(OF)C(F)(F)I(c1ccccc1)c1ccccc1. The van der Waals surface area contributed by atoms with Crippen LogP contribution in [0, 0.1) is 7.14 Å². The van der Waals surface area contributed by atoms with Crippen LogP contribution in [0.25, 0.3) is 0 Å². The van der Waals surface area contributed by atoms with Gasteiger partial charge in [-0.25, -0.2) is 0 Å². The number of nitrogens with zero attached hydrogens (tertiary/aromatic N) is 2. The van der Waals surface area contributed by atoms with Crippen LogP contribution in [0.15, 0.2) is 64.4 Å². The minimum atomic E-state index is -5.59. The fourth-order valence-corrected chi connectivity index (χ4v) is 13.8. The van der Waals surface area contributed by atoms with Gasteiger partial charge >= 0.3 is 202 Å². The second kappa shape index (κ2) is 12.5. The van der Waals surface area contributed by atoms with Crippen LogP contribution in [0.1, 0.15) is 39.5 Å². The van der Waals surface area contributed by atoms with Crippen LogP contribution in [-0.4, -0.2) is 33.3 Å². The summed E-state index contributed by atoms with van der Waals surface area (Å²) in [6.07, 6.45) is 2.17. The van der Waals surface area contributed by atoms with Crippen molar-refractivity contribution in [2.24, 2.45) is 3.77 Å². The monoisotopic (exact) mass is 620 g/mol. The normalized spacial score (nSPS) is 14.7. The second-order valence-corrected chi connectivity index (χ2v) is 16.8. The molecular weight excluding hydrogens is 592 g/mol. The summed E-state index contributed by atoms with van der Waals surface area (Å²) in [5, 5.41) is 0. The van der Waals surface area contributed by atoms with E-state index in [0.717, 1.165) is 4.31 Å². The van der Waals surface area contributed by atoms with Gasteiger partial charge in [0.05, 0.1) is 0 Å². The summed E-state index contributed by atoms with van der Waals surface area (Å²) in [6, 6.07) is 15.1. The molecule has 2 rings (SSSR count). The molecule has 0 amide bonds. The van der Waals surface area contributed by atoms with Gasteiger partial charge in [0.25, 0.3) is 0 Å². The Hall–Kier alpha value is -1.22. The Morgan fingerprint density at radius 1 is 0.879 bits per heavy atom. The molecule has 0 aliphatic heterocycles. The van der Waals surface area contributed by atoms with E-state index in [9.17, 15) is 17.2 Å². The van der Waals surface area contributed by atoms with Gasteiger partial charge in [0.1, 0.15) is 0 Å². The molecule has 0 bridgehead atoms. The Bertz CT molecular complexity index is 1050. The number of hydrogen-bond acceptors (Lipinski definition) is 4. The van der Waals surface area contributed by atoms with Crippen LogP contribution in [0.2, 0.25) is 0 Å². The van der Waals surface area contributed by atoms with Crippen molar-refractivity contribution in [2.75, 3.05) is 13.1 Å². The number of benzene rings is 2. The van der Waals surface area contributed by atoms with Crippen molar-refractivity contribution in [3.63, 3.8) is 0 Å². The van der Waals surface area contributed by atoms with E-state index in [1.165, 1.54) is 48.5 Å². The molecule has 186 valence electrons. The zero-order valence-corrected chi connectivity index (χ0v) is 22.2. The van der Waals surface area contributed by atoms with E-state index >= 15 is 8.78 Å². The molecule has 0 aliphatic carbocycles. The number of alkyl halides is 3. The van der Waals surface area contributed by atoms with Gasteiger partial charge in [0, 0.05) is 0 Å². The summed E-state index contributed by atoms with van der Waals surface area (Å²) in [6.45, 7) is 3.66. The van der Waals surface area contributed by atoms with Gasteiger partial charge in [-0.1, -0.05) is 0 Å². The third kappa shape index (κ3) is 6.90. The van der Waals surface area contributed by atoms with E-state index in [0.29, 0.717) is 25.7 Å². The number of halogens is 4. The molecule has 0 aliphatic rings. The molecule has 0 spiro atoms. The van der Waals surface area contributed by atoms with E-state index in [-0.39, 0.29) is 20.2 Å². The van der Waals surface area contributed by atoms with Crippen molar-refractivity contribution >= 4 is 40.0 Å². The molecule has 0 aromatic heterocycles. The number of unbranched alkanes of at least 4 members (excludes halogenated alkanes) is 2. The molecular formula is C21H28F3IN2O4S2. The summed E-state index contributed by atoms with van der Waals surface area (Å²) in [5.41, 5.74) is 0. The topological polar surface area (TPSA) is 76.0 Å². The van der Waals surface area contributed by atoms with Crippen molar-refractivity contribution < 1.29 is 30.3 Å². The molecule has 12 heteroatoms. The van der Waals surface area contributed by atoms with E-state index in [1.807, 2.05) is 13.8 Å². The van der Waals surface area contributed by atoms with E-state index < -0.39 is 43.3 Å². The van der Waals surface area contributed by atoms with Crippen molar-refractivity contribution in [3.05, 3.63) is 67.8 Å². The van der Waals surface area contributed by atoms with Crippen molar-refractivity contribution in [2.45, 2.75) is 42.8 Å². The summed E-state index contributed by atoms with van der Waals surface area (Å²) >= 11 is -4.05. The maximum atomic E-state index is 15.9. The summed E-state index contributed by atoms with van der Waals surface area (Å²) in [7, 11) is -10.4. The second-order valence-electron chi connectivity index (χ2n) is 7.02. The Kier molecular flexibility index (Phi) is 10.6. The third-order valence-corrected chi connectivity index (χ3v) is 15.7. The fourth-order valence-electron chi connectivity index (χ4n) is 2.83. The quantitative estimate of drug-likeness (QED) is 0.197. The van der Waals surface area contributed by atoms with Gasteiger partial charge in [-0.05, 0) is 0 Å². The molecule has 0 heterocycles. The summed E-state index contributed by atoms with van der Waals surface area (Å²) in [5.74, 6) is 0. The predicted molar refractivity (Wildman–Crippen MR) is 132 cm³/mol. The molecule has 2 aromatic carbocycles. The van der Waals surface area contributed by atoms with Gasteiger partial charge in [-0.15, -0.1) is 0 Å². The zero-order valence-electron chi connectivity index (χ0n) is 18.4. The maximum absolute atomic E-state index is 15.9. The van der Waals surface area contributed by atoms with Crippen LogP contribution >= 0.6 is 19.8 Å². The summed E-state index contributed by atoms with van der Waals surface area (Å²) in [4.78, 5) is 0. The van der Waals surface area contributed by atoms with Crippen LogP contribution in [0.5, 0.6) is 0 Å². The van der Waals surface area contributed by atoms with E-state index in [1.54, 1.807) is 12.1 Å². The van der Waals surface area contributed by atoms with E-state index in [2.05, 4.69) is 8.16 Å². The van der Waals surface area contributed by atoms with Crippen molar-refractivity contribution in [1.82, 2.24) is 4.31 Å². The molecule has 0 saturated heterocycles. The standard InChI is InChI=1S/C21H28F3IN2O4S2/c1-3-5-17-27(18-6-4-2)33(29,30)26-32(28,31-24)21(22,23)25(19-13-9-7-10-14-19)20-15-11-8-12-16-20/h7-16H,3-6,17-18H2,1-2H3. The molecule has 33 heavy (non-hydrogen) atoms. The predicted octanol–water partition coefficient (Wildman–Crippen LogP) is 6.21. The first kappa shape index (κ1) is 28.0. The van der Waals surface area contributed by atoms with Crippen LogP contribution in [0.3, 0.4) is 0 Å². The van der Waals surface area contributed by atoms with Gasteiger partial charge in [-0.2, -0.15) is 0 Å². The van der Waals surface area contributed by atoms with Crippen molar-refractivity contribution in [1.29, 1.82) is 0 Å². The molecule has 6 nitrogen and oxygen atoms in total.